The molecule has 2 rings (SSSR count). The molecule has 1 N–H and O–H groups in total. The van der Waals surface area contributed by atoms with Crippen molar-refractivity contribution in [2.45, 2.75) is 38.1 Å². The zero-order valence-electron chi connectivity index (χ0n) is 10.8. The fraction of sp³-hybridized carbons (Fsp3) is 0.846. The van der Waals surface area contributed by atoms with Gasteiger partial charge >= 0.3 is 5.97 Å². The molecule has 1 saturated carbocycles. The number of nitrogens with zero attached hydrogens (tertiary/aromatic N) is 1. The Kier molecular flexibility index (Phi) is 4.22. The summed E-state index contributed by atoms with van der Waals surface area (Å²) in [4.78, 5) is 25.0. The summed E-state index contributed by atoms with van der Waals surface area (Å²) in [5.74, 6) is -0.301. The van der Waals surface area contributed by atoms with E-state index >= 15 is 0 Å². The smallest absolute Gasteiger partial charge is 0.326 e. The van der Waals surface area contributed by atoms with Gasteiger partial charge in [-0.3, -0.25) is 4.79 Å². The van der Waals surface area contributed by atoms with Crippen LogP contribution in [-0.4, -0.2) is 48.2 Å². The highest BCUT2D eigenvalue weighted by Crippen LogP contribution is 2.42. The van der Waals surface area contributed by atoms with Gasteiger partial charge in [0.05, 0.1) is 0 Å². The Morgan fingerprint density at radius 3 is 2.83 bits per heavy atom. The zero-order chi connectivity index (χ0) is 13.1. The minimum Gasteiger partial charge on any atom is -0.480 e. The normalized spacial score (nSPS) is 30.5. The van der Waals surface area contributed by atoms with Crippen LogP contribution in [0.4, 0.5) is 0 Å². The highest BCUT2D eigenvalue weighted by molar-refractivity contribution is 5.84. The predicted molar refractivity (Wildman–Crippen MR) is 65.1 cm³/mol. The molecular weight excluding hydrogens is 234 g/mol. The number of methoxy groups -OCH3 is 1. The number of carbonyl (C=O) groups excluding carboxylic acids is 1. The van der Waals surface area contributed by atoms with Gasteiger partial charge in [-0.2, -0.15) is 0 Å². The number of hydrogen-bond acceptors (Lipinski definition) is 3. The average Bonchev–Trinajstić information content (AvgIpc) is 2.87. The molecule has 1 saturated heterocycles. The first-order chi connectivity index (χ1) is 8.65. The molecule has 0 aromatic heterocycles. The second kappa shape index (κ2) is 5.69. The lowest BCUT2D eigenvalue weighted by molar-refractivity contribution is -0.149. The summed E-state index contributed by atoms with van der Waals surface area (Å²) >= 11 is 0. The molecule has 2 aliphatic rings. The molecule has 0 spiro atoms. The molecule has 1 aliphatic heterocycles. The molecule has 0 aromatic rings. The highest BCUT2D eigenvalue weighted by atomic mass is 16.5. The maximum absolute atomic E-state index is 12.1. The number of aliphatic carboxylic acids is 1. The van der Waals surface area contributed by atoms with E-state index in [9.17, 15) is 14.7 Å². The largest absolute Gasteiger partial charge is 0.480 e. The number of fused-ring (bicyclic) bond motifs is 1. The predicted octanol–water partition coefficient (Wildman–Crippen LogP) is 1.12. The third kappa shape index (κ3) is 2.51. The Morgan fingerprint density at radius 2 is 2.17 bits per heavy atom. The zero-order valence-corrected chi connectivity index (χ0v) is 10.8. The first-order valence-electron chi connectivity index (χ1n) is 6.66. The number of likely N-dealkylation sites (tertiary alicyclic amines) is 1. The third-order valence-electron chi connectivity index (χ3n) is 4.20. The Labute approximate surface area is 107 Å². The first kappa shape index (κ1) is 13.3. The second-order valence-electron chi connectivity index (χ2n) is 5.28. The van der Waals surface area contributed by atoms with Crippen molar-refractivity contribution in [2.75, 3.05) is 20.3 Å². The van der Waals surface area contributed by atoms with E-state index in [0.717, 1.165) is 19.3 Å². The van der Waals surface area contributed by atoms with Gasteiger partial charge in [0.1, 0.15) is 6.04 Å². The van der Waals surface area contributed by atoms with Crippen molar-refractivity contribution in [3.05, 3.63) is 0 Å². The molecule has 18 heavy (non-hydrogen) atoms. The van der Waals surface area contributed by atoms with Crippen molar-refractivity contribution in [3.63, 3.8) is 0 Å². The molecule has 1 aliphatic carbocycles. The van der Waals surface area contributed by atoms with Gasteiger partial charge in [-0.25, -0.2) is 4.79 Å². The van der Waals surface area contributed by atoms with E-state index in [1.165, 1.54) is 0 Å². The van der Waals surface area contributed by atoms with Crippen LogP contribution in [0.1, 0.15) is 32.1 Å². The van der Waals surface area contributed by atoms with Crippen LogP contribution < -0.4 is 0 Å². The summed E-state index contributed by atoms with van der Waals surface area (Å²) in [7, 11) is 1.60. The molecule has 2 fully saturated rings. The number of hydrogen-bond donors (Lipinski definition) is 1. The van der Waals surface area contributed by atoms with E-state index in [1.54, 1.807) is 12.0 Å². The van der Waals surface area contributed by atoms with E-state index in [0.29, 0.717) is 31.9 Å². The number of carboxylic acid groups (broad SMARTS) is 1. The Bertz CT molecular complexity index is 331. The molecule has 0 bridgehead atoms. The van der Waals surface area contributed by atoms with Gasteiger partial charge in [0.2, 0.25) is 5.91 Å². The van der Waals surface area contributed by atoms with Crippen LogP contribution in [0.15, 0.2) is 0 Å². The van der Waals surface area contributed by atoms with Crippen molar-refractivity contribution in [2.24, 2.45) is 11.8 Å². The summed E-state index contributed by atoms with van der Waals surface area (Å²) in [6, 6.07) is -0.590. The molecule has 102 valence electrons. The van der Waals surface area contributed by atoms with Crippen molar-refractivity contribution >= 4 is 11.9 Å². The summed E-state index contributed by atoms with van der Waals surface area (Å²) < 4.78 is 4.92. The molecule has 0 radical (unpaired) electrons. The highest BCUT2D eigenvalue weighted by Gasteiger charge is 2.49. The van der Waals surface area contributed by atoms with Crippen LogP contribution in [0.5, 0.6) is 0 Å². The molecule has 5 nitrogen and oxygen atoms in total. The van der Waals surface area contributed by atoms with Crippen molar-refractivity contribution in [1.29, 1.82) is 0 Å². The van der Waals surface area contributed by atoms with Gasteiger partial charge < -0.3 is 14.7 Å². The number of ether oxygens (including phenoxy) is 1. The molecule has 0 aromatic carbocycles. The monoisotopic (exact) mass is 255 g/mol. The molecule has 3 atom stereocenters. The Morgan fingerprint density at radius 1 is 1.39 bits per heavy atom. The van der Waals surface area contributed by atoms with Gasteiger partial charge in [0, 0.05) is 26.7 Å². The maximum Gasteiger partial charge on any atom is 0.326 e. The van der Waals surface area contributed by atoms with Gasteiger partial charge in [-0.05, 0) is 31.1 Å². The SMILES string of the molecule is COCCCC(=O)N1CC2CCCC2C1C(=O)O. The van der Waals surface area contributed by atoms with Crippen LogP contribution in [0.3, 0.4) is 0 Å². The summed E-state index contributed by atoms with van der Waals surface area (Å²) in [6.45, 7) is 1.18. The lowest BCUT2D eigenvalue weighted by atomic mass is 9.94. The van der Waals surface area contributed by atoms with E-state index in [2.05, 4.69) is 0 Å². The van der Waals surface area contributed by atoms with E-state index in [1.807, 2.05) is 0 Å². The quantitative estimate of drug-likeness (QED) is 0.748. The van der Waals surface area contributed by atoms with Gasteiger partial charge in [0.25, 0.3) is 0 Å². The molecule has 1 amide bonds. The maximum atomic E-state index is 12.1. The van der Waals surface area contributed by atoms with Crippen molar-refractivity contribution in [1.82, 2.24) is 4.90 Å². The van der Waals surface area contributed by atoms with Crippen LogP contribution >= 0.6 is 0 Å². The van der Waals surface area contributed by atoms with E-state index < -0.39 is 12.0 Å². The number of amides is 1. The van der Waals surface area contributed by atoms with E-state index in [-0.39, 0.29) is 11.8 Å². The van der Waals surface area contributed by atoms with Crippen molar-refractivity contribution in [3.8, 4) is 0 Å². The minimum atomic E-state index is -0.843. The van der Waals surface area contributed by atoms with Gasteiger partial charge in [-0.15, -0.1) is 0 Å². The minimum absolute atomic E-state index is 0.0335. The van der Waals surface area contributed by atoms with Gasteiger partial charge in [-0.1, -0.05) is 6.42 Å². The lowest BCUT2D eigenvalue weighted by Crippen LogP contribution is -2.43. The Hall–Kier alpha value is -1.10. The van der Waals surface area contributed by atoms with Crippen LogP contribution in [0.25, 0.3) is 0 Å². The number of rotatable bonds is 5. The van der Waals surface area contributed by atoms with Crippen LogP contribution in [0, 0.1) is 11.8 Å². The first-order valence-corrected chi connectivity index (χ1v) is 6.66. The fourth-order valence-electron chi connectivity index (χ4n) is 3.39. The molecule has 3 unspecified atom stereocenters. The van der Waals surface area contributed by atoms with Crippen LogP contribution in [0.2, 0.25) is 0 Å². The third-order valence-corrected chi connectivity index (χ3v) is 4.20. The summed E-state index contributed by atoms with van der Waals surface area (Å²) in [6.07, 6.45) is 4.16. The van der Waals surface area contributed by atoms with E-state index in [4.69, 9.17) is 4.74 Å². The lowest BCUT2D eigenvalue weighted by Gasteiger charge is -2.24. The second-order valence-corrected chi connectivity index (χ2v) is 5.28. The molecular formula is C13H21NO4. The standard InChI is InChI=1S/C13H21NO4/c1-18-7-3-6-11(15)14-8-9-4-2-5-10(9)12(14)13(16)17/h9-10,12H,2-8H2,1H3,(H,16,17). The summed E-state index contributed by atoms with van der Waals surface area (Å²) in [5.41, 5.74) is 0. The average molecular weight is 255 g/mol. The summed E-state index contributed by atoms with van der Waals surface area (Å²) in [5, 5.41) is 9.33. The van der Waals surface area contributed by atoms with Gasteiger partial charge in [0.15, 0.2) is 0 Å². The number of carboxylic acids is 1. The molecule has 5 heteroatoms. The van der Waals surface area contributed by atoms with Crippen LogP contribution in [-0.2, 0) is 14.3 Å². The number of carbonyl (C=O) groups is 2. The van der Waals surface area contributed by atoms with Crippen molar-refractivity contribution < 1.29 is 19.4 Å². The molecule has 1 heterocycles. The fourth-order valence-corrected chi connectivity index (χ4v) is 3.39. The Balaban J connectivity index is 1.98. The topological polar surface area (TPSA) is 66.8 Å².